The highest BCUT2D eigenvalue weighted by Crippen LogP contribution is 2.35. The summed E-state index contributed by atoms with van der Waals surface area (Å²) in [6.07, 6.45) is 1.46. The van der Waals surface area contributed by atoms with Gasteiger partial charge in [-0.3, -0.25) is 4.79 Å². The van der Waals surface area contributed by atoms with E-state index in [2.05, 4.69) is 16.8 Å². The molecule has 3 amide bonds. The van der Waals surface area contributed by atoms with Gasteiger partial charge in [-0.1, -0.05) is 12.1 Å². The highest BCUT2D eigenvalue weighted by atomic mass is 32.1. The predicted octanol–water partition coefficient (Wildman–Crippen LogP) is 3.33. The number of rotatable bonds is 11. The normalized spacial score (nSPS) is 15.0. The number of nitrogens with zero attached hydrogens (tertiary/aromatic N) is 2. The summed E-state index contributed by atoms with van der Waals surface area (Å²) >= 11 is 1.70. The van der Waals surface area contributed by atoms with Crippen LogP contribution in [0.5, 0.6) is 11.5 Å². The molecule has 1 aromatic heterocycles. The van der Waals surface area contributed by atoms with Gasteiger partial charge in [0, 0.05) is 38.2 Å². The lowest BCUT2D eigenvalue weighted by atomic mass is 10.0. The van der Waals surface area contributed by atoms with E-state index in [-0.39, 0.29) is 24.5 Å². The number of methoxy groups -OCH3 is 2. The van der Waals surface area contributed by atoms with E-state index in [1.54, 1.807) is 30.5 Å². The van der Waals surface area contributed by atoms with Gasteiger partial charge in [-0.15, -0.1) is 11.3 Å². The number of para-hydroxylation sites is 2. The monoisotopic (exact) mass is 475 g/mol. The van der Waals surface area contributed by atoms with Crippen LogP contribution in [0.25, 0.3) is 0 Å². The van der Waals surface area contributed by atoms with Crippen molar-refractivity contribution in [1.29, 1.82) is 0 Å². The summed E-state index contributed by atoms with van der Waals surface area (Å²) in [6.45, 7) is 4.26. The third-order valence-electron chi connectivity index (χ3n) is 5.60. The van der Waals surface area contributed by atoms with Crippen LogP contribution in [-0.4, -0.2) is 75.4 Å². The molecule has 3 rings (SSSR count). The Kier molecular flexibility index (Phi) is 9.38. The minimum absolute atomic E-state index is 0.0141. The van der Waals surface area contributed by atoms with E-state index < -0.39 is 0 Å². The first-order valence-electron chi connectivity index (χ1n) is 11.2. The Morgan fingerprint density at radius 2 is 2.00 bits per heavy atom. The lowest BCUT2D eigenvalue weighted by Gasteiger charge is -2.37. The Morgan fingerprint density at radius 1 is 1.21 bits per heavy atom. The van der Waals surface area contributed by atoms with E-state index in [1.807, 2.05) is 36.1 Å². The second-order valence-electron chi connectivity index (χ2n) is 7.72. The van der Waals surface area contributed by atoms with Crippen LogP contribution in [0.2, 0.25) is 0 Å². The molecule has 0 saturated heterocycles. The third kappa shape index (κ3) is 6.39. The number of thiophene rings is 1. The Bertz CT molecular complexity index is 919. The molecule has 1 aliphatic heterocycles. The van der Waals surface area contributed by atoms with Gasteiger partial charge in [0.05, 0.1) is 13.2 Å². The van der Waals surface area contributed by atoms with Crippen LogP contribution in [-0.2, 0) is 16.0 Å². The molecular formula is C24H33N3O5S. The molecule has 1 N–H and O–H groups in total. The molecule has 0 fully saturated rings. The van der Waals surface area contributed by atoms with Gasteiger partial charge in [0.2, 0.25) is 5.91 Å². The second-order valence-corrected chi connectivity index (χ2v) is 8.72. The SMILES string of the molecule is CCNC(=O)N(CCCOC)CC(=O)N1CCc2sccc2[C@H]1COc1ccccc1OC. The molecule has 8 nitrogen and oxygen atoms in total. The number of ether oxygens (including phenoxy) is 3. The largest absolute Gasteiger partial charge is 0.493 e. The molecule has 180 valence electrons. The summed E-state index contributed by atoms with van der Waals surface area (Å²) in [5, 5.41) is 4.86. The van der Waals surface area contributed by atoms with E-state index in [0.29, 0.717) is 50.8 Å². The molecular weight excluding hydrogens is 442 g/mol. The van der Waals surface area contributed by atoms with Gasteiger partial charge in [0.1, 0.15) is 13.2 Å². The van der Waals surface area contributed by atoms with Crippen molar-refractivity contribution < 1.29 is 23.8 Å². The maximum atomic E-state index is 13.4. The standard InChI is InChI=1S/C24H33N3O5S/c1-4-25-24(29)26(12-7-14-30-2)16-23(28)27-13-10-22-18(11-15-33-22)19(27)17-32-21-9-6-5-8-20(21)31-3/h5-6,8-9,11,15,19H,4,7,10,12-14,16-17H2,1-3H3,(H,25,29)/t19-/m1/s1. The fourth-order valence-corrected chi connectivity index (χ4v) is 4.88. The quantitative estimate of drug-likeness (QED) is 0.505. The van der Waals surface area contributed by atoms with Crippen LogP contribution in [0.1, 0.15) is 29.8 Å². The van der Waals surface area contributed by atoms with Crippen LogP contribution < -0.4 is 14.8 Å². The minimum atomic E-state index is -0.239. The first kappa shape index (κ1) is 24.9. The summed E-state index contributed by atoms with van der Waals surface area (Å²) in [5.41, 5.74) is 1.11. The third-order valence-corrected chi connectivity index (χ3v) is 6.60. The van der Waals surface area contributed by atoms with E-state index in [9.17, 15) is 9.59 Å². The van der Waals surface area contributed by atoms with Crippen LogP contribution in [0.4, 0.5) is 4.79 Å². The van der Waals surface area contributed by atoms with Crippen LogP contribution >= 0.6 is 11.3 Å². The maximum Gasteiger partial charge on any atom is 0.317 e. The molecule has 9 heteroatoms. The van der Waals surface area contributed by atoms with Crippen molar-refractivity contribution in [3.8, 4) is 11.5 Å². The van der Waals surface area contributed by atoms with E-state index in [4.69, 9.17) is 14.2 Å². The summed E-state index contributed by atoms with van der Waals surface area (Å²) < 4.78 is 16.6. The molecule has 0 spiro atoms. The maximum absolute atomic E-state index is 13.4. The second kappa shape index (κ2) is 12.5. The van der Waals surface area contributed by atoms with Crippen molar-refractivity contribution in [3.63, 3.8) is 0 Å². The number of urea groups is 1. The number of carbonyl (C=O) groups excluding carboxylic acids is 2. The zero-order valence-corrected chi connectivity index (χ0v) is 20.4. The Morgan fingerprint density at radius 3 is 2.73 bits per heavy atom. The van der Waals surface area contributed by atoms with Crippen LogP contribution in [0.15, 0.2) is 35.7 Å². The first-order valence-corrected chi connectivity index (χ1v) is 12.1. The lowest BCUT2D eigenvalue weighted by molar-refractivity contribution is -0.135. The van der Waals surface area contributed by atoms with Crippen molar-refractivity contribution in [2.24, 2.45) is 0 Å². The van der Waals surface area contributed by atoms with Crippen LogP contribution in [0.3, 0.4) is 0 Å². The van der Waals surface area contributed by atoms with Gasteiger partial charge in [0.15, 0.2) is 11.5 Å². The Labute approximate surface area is 199 Å². The molecule has 2 aromatic rings. The number of hydrogen-bond acceptors (Lipinski definition) is 6. The van der Waals surface area contributed by atoms with Crippen molar-refractivity contribution in [3.05, 3.63) is 46.2 Å². The average Bonchev–Trinajstić information content (AvgIpc) is 3.31. The van der Waals surface area contributed by atoms with Crippen molar-refractivity contribution in [2.75, 3.05) is 53.6 Å². The molecule has 0 unspecified atom stereocenters. The highest BCUT2D eigenvalue weighted by Gasteiger charge is 2.33. The first-order chi connectivity index (χ1) is 16.1. The number of amides is 3. The molecule has 1 aliphatic rings. The zero-order valence-electron chi connectivity index (χ0n) is 19.5. The predicted molar refractivity (Wildman–Crippen MR) is 128 cm³/mol. The van der Waals surface area contributed by atoms with E-state index in [0.717, 1.165) is 12.0 Å². The Balaban J connectivity index is 1.75. The van der Waals surface area contributed by atoms with Gasteiger partial charge in [-0.05, 0) is 48.9 Å². The van der Waals surface area contributed by atoms with Crippen molar-refractivity contribution in [2.45, 2.75) is 25.8 Å². The molecule has 0 saturated carbocycles. The Hall–Kier alpha value is -2.78. The van der Waals surface area contributed by atoms with E-state index in [1.165, 1.54) is 4.88 Å². The van der Waals surface area contributed by atoms with Crippen molar-refractivity contribution >= 4 is 23.3 Å². The van der Waals surface area contributed by atoms with Crippen LogP contribution in [0, 0.1) is 0 Å². The van der Waals surface area contributed by atoms with Gasteiger partial charge >= 0.3 is 6.03 Å². The summed E-state index contributed by atoms with van der Waals surface area (Å²) in [4.78, 5) is 30.6. The summed E-state index contributed by atoms with van der Waals surface area (Å²) in [7, 11) is 3.23. The number of hydrogen-bond donors (Lipinski definition) is 1. The number of benzene rings is 1. The fourth-order valence-electron chi connectivity index (χ4n) is 3.95. The van der Waals surface area contributed by atoms with Gasteiger partial charge < -0.3 is 29.3 Å². The highest BCUT2D eigenvalue weighted by molar-refractivity contribution is 7.10. The molecule has 0 aliphatic carbocycles. The molecule has 0 bridgehead atoms. The summed E-state index contributed by atoms with van der Waals surface area (Å²) in [5.74, 6) is 1.19. The van der Waals surface area contributed by atoms with Gasteiger partial charge in [-0.2, -0.15) is 0 Å². The fraction of sp³-hybridized carbons (Fsp3) is 0.500. The molecule has 1 atom stereocenters. The lowest BCUT2D eigenvalue weighted by Crippen LogP contribution is -2.50. The number of carbonyl (C=O) groups is 2. The topological polar surface area (TPSA) is 80.3 Å². The molecule has 0 radical (unpaired) electrons. The molecule has 33 heavy (non-hydrogen) atoms. The average molecular weight is 476 g/mol. The minimum Gasteiger partial charge on any atom is -0.493 e. The number of nitrogens with one attached hydrogen (secondary N) is 1. The molecule has 2 heterocycles. The zero-order chi connectivity index (χ0) is 23.6. The van der Waals surface area contributed by atoms with E-state index >= 15 is 0 Å². The van der Waals surface area contributed by atoms with Gasteiger partial charge in [-0.25, -0.2) is 4.79 Å². The molecule has 1 aromatic carbocycles. The number of fused-ring (bicyclic) bond motifs is 1. The smallest absolute Gasteiger partial charge is 0.317 e. The van der Waals surface area contributed by atoms with Crippen molar-refractivity contribution in [1.82, 2.24) is 15.1 Å². The summed E-state index contributed by atoms with van der Waals surface area (Å²) in [6, 6.07) is 9.08. The van der Waals surface area contributed by atoms with Gasteiger partial charge in [0.25, 0.3) is 0 Å².